The van der Waals surface area contributed by atoms with Crippen LogP contribution >= 0.6 is 0 Å². The molecule has 1 unspecified atom stereocenters. The van der Waals surface area contributed by atoms with Gasteiger partial charge in [0.05, 0.1) is 11.3 Å². The second-order valence-corrected chi connectivity index (χ2v) is 13.5. The molecule has 1 N–H and O–H groups in total. The van der Waals surface area contributed by atoms with E-state index in [-0.39, 0.29) is 56.5 Å². The summed E-state index contributed by atoms with van der Waals surface area (Å²) in [5.41, 5.74) is 5.22. The van der Waals surface area contributed by atoms with Crippen LogP contribution in [-0.4, -0.2) is 21.8 Å². The number of para-hydroxylation sites is 1. The molecule has 0 amide bonds. The smallest absolute Gasteiger partial charge is 0.248 e. The zero-order chi connectivity index (χ0) is 31.8. The van der Waals surface area contributed by atoms with Gasteiger partial charge in [-0.05, 0) is 72.2 Å². The van der Waals surface area contributed by atoms with Crippen molar-refractivity contribution in [3.63, 3.8) is 0 Å². The maximum atomic E-state index is 13.7. The first-order chi connectivity index (χ1) is 22.3. The minimum Gasteiger partial charge on any atom is -0.512 e. The summed E-state index contributed by atoms with van der Waals surface area (Å²) in [5.74, 6) is -1.65. The molecule has 4 nitrogen and oxygen atoms in total. The molecule has 0 aliphatic heterocycles. The van der Waals surface area contributed by atoms with Crippen molar-refractivity contribution in [2.75, 3.05) is 0 Å². The zero-order valence-corrected chi connectivity index (χ0v) is 29.1. The third-order valence-corrected chi connectivity index (χ3v) is 10.3. The molecule has 2 heterocycles. The molecule has 1 radical (unpaired) electrons. The number of aromatic nitrogens is 1. The van der Waals surface area contributed by atoms with Crippen molar-refractivity contribution in [1.29, 1.82) is 0 Å². The zero-order valence-electron chi connectivity index (χ0n) is 26.7. The molecule has 3 aliphatic carbocycles. The maximum absolute atomic E-state index is 13.7. The Labute approximate surface area is 288 Å². The Hall–Kier alpha value is -3.41. The van der Waals surface area contributed by atoms with E-state index in [4.69, 9.17) is 4.42 Å². The Morgan fingerprint density at radius 1 is 0.936 bits per heavy atom. The van der Waals surface area contributed by atoms with Crippen LogP contribution in [0.1, 0.15) is 87.7 Å². The van der Waals surface area contributed by atoms with Gasteiger partial charge in [0, 0.05) is 62.4 Å². The van der Waals surface area contributed by atoms with E-state index < -0.39 is 5.92 Å². The molecule has 3 aliphatic rings. The van der Waals surface area contributed by atoms with Crippen molar-refractivity contribution in [1.82, 2.24) is 4.98 Å². The summed E-state index contributed by atoms with van der Waals surface area (Å²) in [7, 11) is 0. The van der Waals surface area contributed by atoms with Crippen molar-refractivity contribution in [3.8, 4) is 11.3 Å². The van der Waals surface area contributed by atoms with Crippen LogP contribution in [0.25, 0.3) is 44.0 Å². The Kier molecular flexibility index (Phi) is 9.96. The van der Waals surface area contributed by atoms with E-state index >= 15 is 0 Å². The monoisotopic (exact) mass is 813 g/mol. The van der Waals surface area contributed by atoms with E-state index in [0.29, 0.717) is 12.2 Å². The van der Waals surface area contributed by atoms with E-state index in [9.17, 15) is 18.7 Å². The van der Waals surface area contributed by atoms with E-state index in [2.05, 4.69) is 23.2 Å². The topological polar surface area (TPSA) is 63.3 Å². The van der Waals surface area contributed by atoms with Gasteiger partial charge in [-0.25, -0.2) is 8.78 Å². The Morgan fingerprint density at radius 2 is 1.66 bits per heavy atom. The van der Waals surface area contributed by atoms with Gasteiger partial charge in [0.2, 0.25) is 5.92 Å². The summed E-state index contributed by atoms with van der Waals surface area (Å²) in [5, 5.41) is 13.9. The SMILES string of the molecule is Cc1[c-]c(-c2nccc3cc(C4CCC(F)(F)C4)ccc23)c2oc3ccccc3c2c1.O=C(/C=C(\O)C1CCCC1)C1CCCC1.[Ir]. The van der Waals surface area contributed by atoms with Crippen LogP contribution in [-0.2, 0) is 24.9 Å². The molecular weight excluding hydrogens is 773 g/mol. The van der Waals surface area contributed by atoms with Crippen LogP contribution in [0.3, 0.4) is 0 Å². The minimum atomic E-state index is -2.55. The standard InChI is InChI=1S/C27H20F2NO.C13H20O2.Ir/c1-16-12-22-21-4-2-3-5-24(21)31-26(22)23(13-16)25-20-7-6-17(14-18(20)9-11-30-25)19-8-10-27(28,29)15-19;14-12(10-5-1-2-6-10)9-13(15)11-7-3-4-8-11;/h2-7,9,11-12,14,19H,8,10,15H2,1H3;9-11,14H,1-8H2;/q-1;;/b;12-9-;. The van der Waals surface area contributed by atoms with Crippen molar-refractivity contribution in [2.45, 2.75) is 89.4 Å². The fourth-order valence-electron chi connectivity index (χ4n) is 7.77. The van der Waals surface area contributed by atoms with Gasteiger partial charge in [0.1, 0.15) is 5.58 Å². The summed E-state index contributed by atoms with van der Waals surface area (Å²) in [6.45, 7) is 2.02. The predicted octanol–water partition coefficient (Wildman–Crippen LogP) is 11.2. The van der Waals surface area contributed by atoms with Crippen LogP contribution < -0.4 is 0 Å². The van der Waals surface area contributed by atoms with Gasteiger partial charge in [-0.3, -0.25) is 4.79 Å². The number of benzene rings is 3. The number of alkyl halides is 2. The normalized spacial score (nSPS) is 20.1. The van der Waals surface area contributed by atoms with Crippen LogP contribution in [0.5, 0.6) is 0 Å². The number of pyridine rings is 1. The predicted molar refractivity (Wildman–Crippen MR) is 179 cm³/mol. The molecule has 0 spiro atoms. The number of hydrogen-bond acceptors (Lipinski definition) is 4. The van der Waals surface area contributed by atoms with Crippen LogP contribution in [0.2, 0.25) is 0 Å². The number of nitrogens with zero attached hydrogens (tertiary/aromatic N) is 1. The average molecular weight is 813 g/mol. The third kappa shape index (κ3) is 7.07. The number of rotatable bonds is 5. The molecule has 3 fully saturated rings. The number of furan rings is 1. The van der Waals surface area contributed by atoms with E-state index in [1.165, 1.54) is 31.8 Å². The molecule has 0 saturated heterocycles. The minimum absolute atomic E-state index is 0. The molecule has 3 saturated carbocycles. The quantitative estimate of drug-likeness (QED) is 0.109. The summed E-state index contributed by atoms with van der Waals surface area (Å²) in [4.78, 5) is 16.5. The number of aliphatic hydroxyl groups excluding tert-OH is 1. The molecule has 247 valence electrons. The van der Waals surface area contributed by atoms with Gasteiger partial charge in [-0.15, -0.1) is 17.7 Å². The summed E-state index contributed by atoms with van der Waals surface area (Å²) in [6, 6.07) is 21.5. The van der Waals surface area contributed by atoms with Crippen molar-refractivity contribution in [2.24, 2.45) is 11.8 Å². The number of aliphatic hydroxyl groups is 1. The van der Waals surface area contributed by atoms with E-state index in [0.717, 1.165) is 80.8 Å². The Morgan fingerprint density at radius 3 is 2.38 bits per heavy atom. The first kappa shape index (κ1) is 33.5. The number of carbonyl (C=O) groups is 1. The molecular formula is C40H40F2IrNO3-. The van der Waals surface area contributed by atoms with Gasteiger partial charge in [0.25, 0.3) is 0 Å². The number of hydrogen-bond donors (Lipinski definition) is 1. The summed E-state index contributed by atoms with van der Waals surface area (Å²) < 4.78 is 33.7. The van der Waals surface area contributed by atoms with Crippen LogP contribution in [0.4, 0.5) is 8.78 Å². The average Bonchev–Trinajstić information content (AvgIpc) is 3.88. The Bertz CT molecular complexity index is 1930. The van der Waals surface area contributed by atoms with Gasteiger partial charge in [0.15, 0.2) is 5.78 Å². The molecule has 3 aromatic carbocycles. The van der Waals surface area contributed by atoms with Gasteiger partial charge >= 0.3 is 0 Å². The molecule has 2 aromatic heterocycles. The number of carbonyl (C=O) groups excluding carboxylic acids is 1. The van der Waals surface area contributed by atoms with E-state index in [1.807, 2.05) is 49.4 Å². The van der Waals surface area contributed by atoms with Crippen molar-refractivity contribution in [3.05, 3.63) is 89.8 Å². The fraction of sp³-hybridized carbons (Fsp3) is 0.400. The molecule has 8 rings (SSSR count). The van der Waals surface area contributed by atoms with Crippen molar-refractivity contribution < 1.29 is 43.2 Å². The largest absolute Gasteiger partial charge is 0.512 e. The van der Waals surface area contributed by atoms with Crippen LogP contribution in [0.15, 0.2) is 77.0 Å². The van der Waals surface area contributed by atoms with Gasteiger partial charge in [-0.2, -0.15) is 0 Å². The number of ketones is 1. The number of allylic oxidation sites excluding steroid dienone is 2. The number of fused-ring (bicyclic) bond motifs is 4. The summed E-state index contributed by atoms with van der Waals surface area (Å²) >= 11 is 0. The Balaban J connectivity index is 0.000000204. The number of halogens is 2. The molecule has 47 heavy (non-hydrogen) atoms. The maximum Gasteiger partial charge on any atom is 0.248 e. The second kappa shape index (κ2) is 14.0. The first-order valence-corrected chi connectivity index (χ1v) is 16.8. The second-order valence-electron chi connectivity index (χ2n) is 13.5. The third-order valence-electron chi connectivity index (χ3n) is 10.3. The van der Waals surface area contributed by atoms with Gasteiger partial charge in [-0.1, -0.05) is 80.0 Å². The molecule has 5 aromatic rings. The molecule has 7 heteroatoms. The molecule has 1 atom stereocenters. The van der Waals surface area contributed by atoms with Crippen molar-refractivity contribution >= 4 is 38.5 Å². The summed E-state index contributed by atoms with van der Waals surface area (Å²) in [6.07, 6.45) is 12.6. The van der Waals surface area contributed by atoms with Gasteiger partial charge < -0.3 is 14.5 Å². The fourth-order valence-corrected chi connectivity index (χ4v) is 7.77. The van der Waals surface area contributed by atoms with Crippen LogP contribution in [0, 0.1) is 24.8 Å². The van der Waals surface area contributed by atoms with E-state index in [1.54, 1.807) is 6.20 Å². The number of aryl methyl sites for hydroxylation is 1. The first-order valence-electron chi connectivity index (χ1n) is 16.8. The molecule has 0 bridgehead atoms.